The molecule has 2 unspecified atom stereocenters. The molecule has 1 amide bonds. The Bertz CT molecular complexity index is 391. The molecular weight excluding hydrogens is 218 g/mol. The third-order valence-corrected chi connectivity index (χ3v) is 2.94. The first-order valence-electron chi connectivity index (χ1n) is 5.85. The SMILES string of the molecule is CCCC1CC1NC(=O)c1ccc(NN)nn1. The molecule has 1 saturated carbocycles. The summed E-state index contributed by atoms with van der Waals surface area (Å²) in [5, 5.41) is 10.5. The van der Waals surface area contributed by atoms with Gasteiger partial charge in [0.15, 0.2) is 11.5 Å². The number of hydrogen-bond donors (Lipinski definition) is 3. The van der Waals surface area contributed by atoms with Gasteiger partial charge in [0.2, 0.25) is 0 Å². The molecule has 0 aromatic carbocycles. The Morgan fingerprint density at radius 3 is 2.94 bits per heavy atom. The van der Waals surface area contributed by atoms with Gasteiger partial charge in [-0.1, -0.05) is 13.3 Å². The summed E-state index contributed by atoms with van der Waals surface area (Å²) in [5.74, 6) is 6.09. The number of rotatable bonds is 5. The predicted molar refractivity (Wildman–Crippen MR) is 64.1 cm³/mol. The van der Waals surface area contributed by atoms with E-state index in [2.05, 4.69) is 27.9 Å². The standard InChI is InChI=1S/C11H17N5O/c1-2-3-7-6-9(7)13-11(17)8-4-5-10(14-12)16-15-8/h4-5,7,9H,2-3,6,12H2,1H3,(H,13,17)(H,14,16). The number of anilines is 1. The van der Waals surface area contributed by atoms with Crippen LogP contribution < -0.4 is 16.6 Å². The Morgan fingerprint density at radius 2 is 2.35 bits per heavy atom. The van der Waals surface area contributed by atoms with E-state index in [-0.39, 0.29) is 5.91 Å². The highest BCUT2D eigenvalue weighted by molar-refractivity contribution is 5.92. The average Bonchev–Trinajstić information content (AvgIpc) is 3.08. The van der Waals surface area contributed by atoms with Crippen molar-refractivity contribution in [2.24, 2.45) is 11.8 Å². The van der Waals surface area contributed by atoms with Crippen molar-refractivity contribution in [1.29, 1.82) is 0 Å². The zero-order valence-electron chi connectivity index (χ0n) is 9.81. The first kappa shape index (κ1) is 11.8. The van der Waals surface area contributed by atoms with E-state index < -0.39 is 0 Å². The molecule has 0 saturated heterocycles. The summed E-state index contributed by atoms with van der Waals surface area (Å²) in [6.45, 7) is 2.15. The molecule has 1 heterocycles. The Labute approximate surface area is 100.0 Å². The molecule has 0 aliphatic heterocycles. The highest BCUT2D eigenvalue weighted by Gasteiger charge is 2.37. The summed E-state index contributed by atoms with van der Waals surface area (Å²) in [4.78, 5) is 11.8. The second-order valence-electron chi connectivity index (χ2n) is 4.31. The molecule has 4 N–H and O–H groups in total. The largest absolute Gasteiger partial charge is 0.348 e. The van der Waals surface area contributed by atoms with Crippen molar-refractivity contribution in [3.05, 3.63) is 17.8 Å². The lowest BCUT2D eigenvalue weighted by molar-refractivity contribution is 0.0943. The lowest BCUT2D eigenvalue weighted by Crippen LogP contribution is -2.28. The van der Waals surface area contributed by atoms with Crippen LogP contribution in [0.15, 0.2) is 12.1 Å². The summed E-state index contributed by atoms with van der Waals surface area (Å²) in [7, 11) is 0. The van der Waals surface area contributed by atoms with E-state index in [9.17, 15) is 4.79 Å². The van der Waals surface area contributed by atoms with E-state index in [4.69, 9.17) is 5.84 Å². The molecule has 6 heteroatoms. The lowest BCUT2D eigenvalue weighted by Gasteiger charge is -2.03. The number of carbonyl (C=O) groups is 1. The highest BCUT2D eigenvalue weighted by Crippen LogP contribution is 2.34. The summed E-state index contributed by atoms with van der Waals surface area (Å²) in [5.41, 5.74) is 2.69. The van der Waals surface area contributed by atoms with E-state index >= 15 is 0 Å². The van der Waals surface area contributed by atoms with Crippen LogP contribution >= 0.6 is 0 Å². The minimum Gasteiger partial charge on any atom is -0.348 e. The molecule has 1 aromatic rings. The molecule has 0 spiro atoms. The van der Waals surface area contributed by atoms with Gasteiger partial charge in [0, 0.05) is 6.04 Å². The topological polar surface area (TPSA) is 92.9 Å². The van der Waals surface area contributed by atoms with Crippen LogP contribution in [0.4, 0.5) is 5.82 Å². The van der Waals surface area contributed by atoms with E-state index in [1.54, 1.807) is 12.1 Å². The number of amides is 1. The zero-order chi connectivity index (χ0) is 12.3. The van der Waals surface area contributed by atoms with Crippen molar-refractivity contribution in [3.8, 4) is 0 Å². The molecule has 2 atom stereocenters. The fourth-order valence-electron chi connectivity index (χ4n) is 1.89. The maximum atomic E-state index is 11.8. The van der Waals surface area contributed by atoms with Crippen molar-refractivity contribution in [2.45, 2.75) is 32.2 Å². The first-order chi connectivity index (χ1) is 8.24. The molecule has 1 fully saturated rings. The van der Waals surface area contributed by atoms with Crippen molar-refractivity contribution < 1.29 is 4.79 Å². The minimum absolute atomic E-state index is 0.162. The third-order valence-electron chi connectivity index (χ3n) is 2.94. The molecule has 2 rings (SSSR count). The van der Waals surface area contributed by atoms with Crippen molar-refractivity contribution in [2.75, 3.05) is 5.43 Å². The van der Waals surface area contributed by atoms with Crippen molar-refractivity contribution in [3.63, 3.8) is 0 Å². The van der Waals surface area contributed by atoms with E-state index in [1.807, 2.05) is 0 Å². The van der Waals surface area contributed by atoms with Gasteiger partial charge in [-0.25, -0.2) is 5.84 Å². The molecule has 1 aliphatic carbocycles. The monoisotopic (exact) mass is 235 g/mol. The van der Waals surface area contributed by atoms with Crippen LogP contribution in [0.2, 0.25) is 0 Å². The molecular formula is C11H17N5O. The van der Waals surface area contributed by atoms with Gasteiger partial charge in [-0.15, -0.1) is 10.2 Å². The van der Waals surface area contributed by atoms with Gasteiger partial charge in [-0.2, -0.15) is 0 Å². The number of nitrogens with two attached hydrogens (primary N) is 1. The Hall–Kier alpha value is -1.69. The first-order valence-corrected chi connectivity index (χ1v) is 5.85. The summed E-state index contributed by atoms with van der Waals surface area (Å²) < 4.78 is 0. The molecule has 1 aliphatic rings. The fourth-order valence-corrected chi connectivity index (χ4v) is 1.89. The van der Waals surface area contributed by atoms with Crippen LogP contribution in [0.1, 0.15) is 36.7 Å². The van der Waals surface area contributed by atoms with Gasteiger partial charge in [0.05, 0.1) is 0 Å². The number of nitrogens with one attached hydrogen (secondary N) is 2. The quantitative estimate of drug-likeness (QED) is 0.515. The summed E-state index contributed by atoms with van der Waals surface area (Å²) >= 11 is 0. The number of carbonyl (C=O) groups excluding carboxylic acids is 1. The average molecular weight is 235 g/mol. The van der Waals surface area contributed by atoms with Gasteiger partial charge < -0.3 is 10.7 Å². The molecule has 0 bridgehead atoms. The van der Waals surface area contributed by atoms with Crippen LogP contribution in [0.3, 0.4) is 0 Å². The second kappa shape index (κ2) is 5.09. The van der Waals surface area contributed by atoms with Gasteiger partial charge in [0.25, 0.3) is 5.91 Å². The number of nitrogens with zero attached hydrogens (tertiary/aromatic N) is 2. The van der Waals surface area contributed by atoms with Crippen LogP contribution in [0, 0.1) is 5.92 Å². The third kappa shape index (κ3) is 2.91. The number of aromatic nitrogens is 2. The van der Waals surface area contributed by atoms with Crippen LogP contribution in [0.5, 0.6) is 0 Å². The fraction of sp³-hybridized carbons (Fsp3) is 0.545. The number of hydrogen-bond acceptors (Lipinski definition) is 5. The van der Waals surface area contributed by atoms with Gasteiger partial charge in [0.1, 0.15) is 0 Å². The Morgan fingerprint density at radius 1 is 1.53 bits per heavy atom. The van der Waals surface area contributed by atoms with Crippen molar-refractivity contribution in [1.82, 2.24) is 15.5 Å². The van der Waals surface area contributed by atoms with E-state index in [1.165, 1.54) is 6.42 Å². The molecule has 6 nitrogen and oxygen atoms in total. The van der Waals surface area contributed by atoms with Crippen LogP contribution in [-0.4, -0.2) is 22.1 Å². The van der Waals surface area contributed by atoms with Crippen molar-refractivity contribution >= 4 is 11.7 Å². The molecule has 0 radical (unpaired) electrons. The highest BCUT2D eigenvalue weighted by atomic mass is 16.2. The molecule has 1 aromatic heterocycles. The zero-order valence-corrected chi connectivity index (χ0v) is 9.81. The minimum atomic E-state index is -0.162. The van der Waals surface area contributed by atoms with E-state index in [0.717, 1.165) is 12.8 Å². The Balaban J connectivity index is 1.87. The molecule has 92 valence electrons. The summed E-state index contributed by atoms with van der Waals surface area (Å²) in [6.07, 6.45) is 3.41. The van der Waals surface area contributed by atoms with Gasteiger partial charge in [-0.3, -0.25) is 4.79 Å². The number of hydrazine groups is 1. The maximum Gasteiger partial charge on any atom is 0.272 e. The Kier molecular flexibility index (Phi) is 3.53. The van der Waals surface area contributed by atoms with Crippen LogP contribution in [-0.2, 0) is 0 Å². The molecule has 17 heavy (non-hydrogen) atoms. The van der Waals surface area contributed by atoms with Gasteiger partial charge in [-0.05, 0) is 30.9 Å². The van der Waals surface area contributed by atoms with Gasteiger partial charge >= 0.3 is 0 Å². The van der Waals surface area contributed by atoms with E-state index in [0.29, 0.717) is 23.5 Å². The normalized spacial score (nSPS) is 22.0. The lowest BCUT2D eigenvalue weighted by atomic mass is 10.2. The predicted octanol–water partition coefficient (Wildman–Crippen LogP) is 0.681. The maximum absolute atomic E-state index is 11.8. The smallest absolute Gasteiger partial charge is 0.272 e. The second-order valence-corrected chi connectivity index (χ2v) is 4.31. The summed E-state index contributed by atoms with van der Waals surface area (Å²) in [6, 6.07) is 3.55. The number of nitrogen functional groups attached to an aromatic ring is 1. The van der Waals surface area contributed by atoms with Crippen LogP contribution in [0.25, 0.3) is 0 Å².